The van der Waals surface area contributed by atoms with Crippen LogP contribution in [0.25, 0.3) is 0 Å². The van der Waals surface area contributed by atoms with Gasteiger partial charge in [0.25, 0.3) is 5.91 Å². The molecule has 4 heterocycles. The summed E-state index contributed by atoms with van der Waals surface area (Å²) in [5.74, 6) is 1.10. The molecule has 1 aromatic carbocycles. The van der Waals surface area contributed by atoms with Gasteiger partial charge in [0, 0.05) is 34.4 Å². The first-order chi connectivity index (χ1) is 17.9. The molecule has 0 radical (unpaired) electrons. The van der Waals surface area contributed by atoms with E-state index < -0.39 is 0 Å². The number of aryl methyl sites for hydroxylation is 2. The van der Waals surface area contributed by atoms with Crippen molar-refractivity contribution in [3.63, 3.8) is 0 Å². The fourth-order valence-electron chi connectivity index (χ4n) is 3.81. The highest BCUT2D eigenvalue weighted by Gasteiger charge is 2.21. The minimum absolute atomic E-state index is 0.301. The largest absolute Gasteiger partial charge is 0.492 e. The number of hydrogen-bond acceptors (Lipinski definition) is 11. The molecule has 1 aliphatic heterocycles. The van der Waals surface area contributed by atoms with Gasteiger partial charge in [-0.1, -0.05) is 11.8 Å². The Kier molecular flexibility index (Phi) is 8.03. The number of hydrogen-bond donors (Lipinski definition) is 1. The molecular formula is C24H26N8O2S3. The summed E-state index contributed by atoms with van der Waals surface area (Å²) >= 11 is 3.94. The summed E-state index contributed by atoms with van der Waals surface area (Å²) < 4.78 is 12.0. The van der Waals surface area contributed by atoms with E-state index in [4.69, 9.17) is 4.74 Å². The van der Waals surface area contributed by atoms with Gasteiger partial charge in [0.1, 0.15) is 35.2 Å². The van der Waals surface area contributed by atoms with Gasteiger partial charge in [-0.05, 0) is 81.5 Å². The third-order valence-corrected chi connectivity index (χ3v) is 8.59. The molecule has 3 aromatic heterocycles. The normalized spacial score (nSPS) is 15.7. The lowest BCUT2D eigenvalue weighted by Gasteiger charge is -2.19. The van der Waals surface area contributed by atoms with Gasteiger partial charge in [0.05, 0.1) is 0 Å². The Labute approximate surface area is 227 Å². The Morgan fingerprint density at radius 2 is 2.00 bits per heavy atom. The highest BCUT2D eigenvalue weighted by atomic mass is 32.2. The number of likely N-dealkylation sites (N-methyl/N-ethyl adjacent to an activating group) is 1. The molecule has 1 atom stereocenters. The first-order valence-corrected chi connectivity index (χ1v) is 14.1. The van der Waals surface area contributed by atoms with Crippen molar-refractivity contribution < 1.29 is 9.53 Å². The van der Waals surface area contributed by atoms with Crippen molar-refractivity contribution in [2.75, 3.05) is 25.5 Å². The smallest absolute Gasteiger partial charge is 0.277 e. The average Bonchev–Trinajstić information content (AvgIpc) is 3.61. The Hall–Kier alpha value is -3.00. The molecule has 0 saturated carbocycles. The molecule has 0 bridgehead atoms. The van der Waals surface area contributed by atoms with Crippen molar-refractivity contribution in [3.8, 4) is 5.75 Å². The van der Waals surface area contributed by atoms with E-state index >= 15 is 0 Å². The van der Waals surface area contributed by atoms with E-state index in [1.807, 2.05) is 43.4 Å². The zero-order valence-electron chi connectivity index (χ0n) is 20.6. The first-order valence-electron chi connectivity index (χ1n) is 11.7. The molecule has 1 fully saturated rings. The van der Waals surface area contributed by atoms with Gasteiger partial charge in [-0.15, -0.1) is 10.2 Å². The Bertz CT molecular complexity index is 1370. The van der Waals surface area contributed by atoms with E-state index in [1.165, 1.54) is 36.4 Å². The molecule has 0 spiro atoms. The molecule has 0 aliphatic carbocycles. The Morgan fingerprint density at radius 1 is 1.16 bits per heavy atom. The quantitative estimate of drug-likeness (QED) is 0.320. The molecule has 5 rings (SSSR count). The molecule has 10 nitrogen and oxygen atoms in total. The molecule has 1 N–H and O–H groups in total. The van der Waals surface area contributed by atoms with E-state index in [0.29, 0.717) is 39.5 Å². The van der Waals surface area contributed by atoms with Gasteiger partial charge in [-0.2, -0.15) is 4.37 Å². The van der Waals surface area contributed by atoms with Crippen molar-refractivity contribution >= 4 is 46.1 Å². The summed E-state index contributed by atoms with van der Waals surface area (Å²) in [6.07, 6.45) is 4.01. The number of anilines is 1. The Morgan fingerprint density at radius 3 is 2.68 bits per heavy atom. The van der Waals surface area contributed by atoms with Gasteiger partial charge >= 0.3 is 0 Å². The second-order valence-electron chi connectivity index (χ2n) is 8.58. The van der Waals surface area contributed by atoms with Crippen LogP contribution in [0.1, 0.15) is 29.2 Å². The zero-order valence-corrected chi connectivity index (χ0v) is 23.1. The maximum Gasteiger partial charge on any atom is 0.277 e. The van der Waals surface area contributed by atoms with Crippen LogP contribution in [0.15, 0.2) is 62.7 Å². The molecule has 1 amide bonds. The minimum Gasteiger partial charge on any atom is -0.492 e. The van der Waals surface area contributed by atoms with Gasteiger partial charge in [0.2, 0.25) is 5.13 Å². The standard InChI is InChI=1S/C24H26N8O2S3/c1-15-26-23(37-30-15)28-22(33)21-19(10-11-20(27-21)36-24-29-25-14-32(24)3)35-18-8-6-17(7-9-18)34-13-16-5-4-12-31(16)2/h6-11,14,16H,4-5,12-13H2,1-3H3,(H,26,28,30,33)/t16-/m1/s1. The highest BCUT2D eigenvalue weighted by molar-refractivity contribution is 7.99. The van der Waals surface area contributed by atoms with Gasteiger partial charge in [-0.3, -0.25) is 10.1 Å². The predicted octanol–water partition coefficient (Wildman–Crippen LogP) is 4.40. The molecule has 0 unspecified atom stereocenters. The summed E-state index contributed by atoms with van der Waals surface area (Å²) in [5.41, 5.74) is 0.301. The topological polar surface area (TPSA) is 111 Å². The number of carbonyl (C=O) groups excluding carboxylic acids is 1. The number of amides is 1. The maximum absolute atomic E-state index is 13.2. The number of ether oxygens (including phenoxy) is 1. The van der Waals surface area contributed by atoms with Crippen molar-refractivity contribution in [1.82, 2.24) is 34.0 Å². The SMILES string of the molecule is Cc1nsc(NC(=O)c2nc(Sc3nncn3C)ccc2Sc2ccc(OC[C@H]3CCCN3C)cc2)n1. The molecule has 13 heteroatoms. The van der Waals surface area contributed by atoms with E-state index in [0.717, 1.165) is 33.6 Å². The number of benzene rings is 1. The summed E-state index contributed by atoms with van der Waals surface area (Å²) in [6, 6.07) is 12.2. The van der Waals surface area contributed by atoms with Crippen LogP contribution in [0.3, 0.4) is 0 Å². The lowest BCUT2D eigenvalue weighted by atomic mass is 10.2. The average molecular weight is 555 g/mol. The second-order valence-corrected chi connectivity index (χ2v) is 11.4. The number of carbonyl (C=O) groups is 1. The van der Waals surface area contributed by atoms with E-state index in [1.54, 1.807) is 17.8 Å². The zero-order chi connectivity index (χ0) is 25.8. The molecule has 1 aliphatic rings. The number of nitrogens with one attached hydrogen (secondary N) is 1. The van der Waals surface area contributed by atoms with Crippen LogP contribution in [-0.4, -0.2) is 66.2 Å². The van der Waals surface area contributed by atoms with E-state index in [-0.39, 0.29) is 5.91 Å². The summed E-state index contributed by atoms with van der Waals surface area (Å²) in [5, 5.41) is 12.6. The molecular weight excluding hydrogens is 529 g/mol. The fraction of sp³-hybridized carbons (Fsp3) is 0.333. The molecule has 37 heavy (non-hydrogen) atoms. The van der Waals surface area contributed by atoms with E-state index in [9.17, 15) is 4.79 Å². The van der Waals surface area contributed by atoms with Gasteiger partial charge in [-0.25, -0.2) is 9.97 Å². The van der Waals surface area contributed by atoms with Crippen LogP contribution < -0.4 is 10.1 Å². The highest BCUT2D eigenvalue weighted by Crippen LogP contribution is 2.34. The summed E-state index contributed by atoms with van der Waals surface area (Å²) in [4.78, 5) is 26.2. The lowest BCUT2D eigenvalue weighted by molar-refractivity contribution is 0.101. The summed E-state index contributed by atoms with van der Waals surface area (Å²) in [6.45, 7) is 3.60. The fourth-order valence-corrected chi connectivity index (χ4v) is 6.01. The number of aromatic nitrogens is 6. The molecule has 1 saturated heterocycles. The minimum atomic E-state index is -0.347. The monoisotopic (exact) mass is 554 g/mol. The maximum atomic E-state index is 13.2. The number of nitrogens with zero attached hydrogens (tertiary/aromatic N) is 7. The van der Waals surface area contributed by atoms with Gasteiger partial charge < -0.3 is 14.2 Å². The predicted molar refractivity (Wildman–Crippen MR) is 144 cm³/mol. The van der Waals surface area contributed by atoms with Crippen LogP contribution in [0.2, 0.25) is 0 Å². The first kappa shape index (κ1) is 25.6. The Balaban J connectivity index is 1.33. The van der Waals surface area contributed by atoms with Crippen LogP contribution in [0.4, 0.5) is 5.13 Å². The van der Waals surface area contributed by atoms with Crippen molar-refractivity contribution in [1.29, 1.82) is 0 Å². The third-order valence-electron chi connectivity index (χ3n) is 5.83. The van der Waals surface area contributed by atoms with Crippen molar-refractivity contribution in [2.45, 2.75) is 45.8 Å². The molecule has 192 valence electrons. The van der Waals surface area contributed by atoms with Crippen LogP contribution >= 0.6 is 35.1 Å². The molecule has 4 aromatic rings. The van der Waals surface area contributed by atoms with Crippen LogP contribution in [-0.2, 0) is 7.05 Å². The number of pyridine rings is 1. The number of likely N-dealkylation sites (tertiary alicyclic amines) is 1. The van der Waals surface area contributed by atoms with Gasteiger partial charge in [0.15, 0.2) is 5.16 Å². The van der Waals surface area contributed by atoms with Crippen LogP contribution in [0.5, 0.6) is 5.75 Å². The van der Waals surface area contributed by atoms with E-state index in [2.05, 4.69) is 41.8 Å². The third kappa shape index (κ3) is 6.47. The van der Waals surface area contributed by atoms with Crippen LogP contribution in [0, 0.1) is 6.92 Å². The van der Waals surface area contributed by atoms with Crippen molar-refractivity contribution in [3.05, 3.63) is 54.2 Å². The second kappa shape index (κ2) is 11.6. The van der Waals surface area contributed by atoms with Crippen molar-refractivity contribution in [2.24, 2.45) is 7.05 Å². The number of rotatable bonds is 9. The summed E-state index contributed by atoms with van der Waals surface area (Å²) in [7, 11) is 4.00. The lowest BCUT2D eigenvalue weighted by Crippen LogP contribution is -2.30.